The molecule has 1 N–H and O–H groups in total. The van der Waals surface area contributed by atoms with E-state index in [0.29, 0.717) is 4.90 Å². The Morgan fingerprint density at radius 1 is 0.919 bits per heavy atom. The van der Waals surface area contributed by atoms with Crippen molar-refractivity contribution in [2.24, 2.45) is 0 Å². The quantitative estimate of drug-likeness (QED) is 0.254. The average molecular weight is 553 g/mol. The maximum Gasteiger partial charge on any atom is 0.573 e. The third kappa shape index (κ3) is 7.89. The van der Waals surface area contributed by atoms with Gasteiger partial charge in [-0.2, -0.15) is 0 Å². The summed E-state index contributed by atoms with van der Waals surface area (Å²) in [5.74, 6) is -1.94. The van der Waals surface area contributed by atoms with Crippen LogP contribution in [0.2, 0.25) is 5.02 Å². The second kappa shape index (κ2) is 12.0. The summed E-state index contributed by atoms with van der Waals surface area (Å²) in [5.41, 5.74) is 0.279. The van der Waals surface area contributed by atoms with E-state index in [2.05, 4.69) is 10.1 Å². The molecule has 3 aromatic carbocycles. The fourth-order valence-corrected chi connectivity index (χ4v) is 4.11. The number of imide groups is 1. The molecule has 194 valence electrons. The molecule has 0 saturated carbocycles. The van der Waals surface area contributed by atoms with Crippen molar-refractivity contribution < 1.29 is 37.0 Å². The first-order valence-corrected chi connectivity index (χ1v) is 11.8. The van der Waals surface area contributed by atoms with Gasteiger partial charge in [0.25, 0.3) is 5.91 Å². The summed E-state index contributed by atoms with van der Waals surface area (Å²) in [6, 6.07) is 15.8. The average Bonchev–Trinajstić information content (AvgIpc) is 2.82. The monoisotopic (exact) mass is 552 g/mol. The summed E-state index contributed by atoms with van der Waals surface area (Å²) in [4.78, 5) is 38.8. The van der Waals surface area contributed by atoms with Gasteiger partial charge in [-0.3, -0.25) is 10.1 Å². The third-order valence-corrected chi connectivity index (χ3v) is 5.91. The molecule has 12 heteroatoms. The van der Waals surface area contributed by atoms with Gasteiger partial charge < -0.3 is 9.47 Å². The lowest BCUT2D eigenvalue weighted by Crippen LogP contribution is -2.39. The number of hydrogen-bond donors (Lipinski definition) is 1. The molecule has 3 amide bonds. The predicted octanol–water partition coefficient (Wildman–Crippen LogP) is 6.87. The van der Waals surface area contributed by atoms with E-state index in [-0.39, 0.29) is 21.8 Å². The topological polar surface area (TPSA) is 84.9 Å². The van der Waals surface area contributed by atoms with Gasteiger partial charge in [0, 0.05) is 4.90 Å². The van der Waals surface area contributed by atoms with Crippen LogP contribution >= 0.6 is 23.5 Å². The molecular weight excluding hydrogens is 533 g/mol. The minimum atomic E-state index is -4.90. The van der Waals surface area contributed by atoms with E-state index < -0.39 is 36.1 Å². The lowest BCUT2D eigenvalue weighted by atomic mass is 10.2. The lowest BCUT2D eigenvalue weighted by Gasteiger charge is -2.23. The molecule has 37 heavy (non-hydrogen) atoms. The highest BCUT2D eigenvalue weighted by atomic mass is 35.5. The molecule has 0 fully saturated rings. The molecule has 0 radical (unpaired) electrons. The maximum atomic E-state index is 13.2. The zero-order chi connectivity index (χ0) is 27.2. The number of carbonyl (C=O) groups is 3. The summed E-state index contributed by atoms with van der Waals surface area (Å²) < 4.78 is 47.9. The third-order valence-electron chi connectivity index (χ3n) is 4.47. The number of carbonyl (C=O) groups excluding carboxylic acids is 3. The van der Waals surface area contributed by atoms with E-state index in [1.165, 1.54) is 30.3 Å². The van der Waals surface area contributed by atoms with Gasteiger partial charge in [0.15, 0.2) is 0 Å². The van der Waals surface area contributed by atoms with Gasteiger partial charge in [-0.15, -0.1) is 13.2 Å². The van der Waals surface area contributed by atoms with Gasteiger partial charge in [-0.1, -0.05) is 35.9 Å². The fourth-order valence-electron chi connectivity index (χ4n) is 2.95. The number of anilines is 1. The second-order valence-electron chi connectivity index (χ2n) is 7.62. The number of esters is 1. The van der Waals surface area contributed by atoms with Gasteiger partial charge in [0.1, 0.15) is 5.75 Å². The molecule has 0 aliphatic heterocycles. The van der Waals surface area contributed by atoms with E-state index in [1.54, 1.807) is 44.2 Å². The summed E-state index contributed by atoms with van der Waals surface area (Å²) >= 11 is 6.81. The van der Waals surface area contributed by atoms with Crippen molar-refractivity contribution >= 4 is 47.1 Å². The molecule has 3 aromatic rings. The van der Waals surface area contributed by atoms with Crippen LogP contribution in [-0.2, 0) is 4.74 Å². The Morgan fingerprint density at radius 3 is 2.11 bits per heavy atom. The van der Waals surface area contributed by atoms with E-state index in [0.717, 1.165) is 28.4 Å². The van der Waals surface area contributed by atoms with E-state index in [9.17, 15) is 27.6 Å². The van der Waals surface area contributed by atoms with Crippen LogP contribution in [0.15, 0.2) is 77.7 Å². The molecule has 0 aliphatic carbocycles. The van der Waals surface area contributed by atoms with Crippen LogP contribution in [0.1, 0.15) is 34.6 Å². The standard InChI is InChI=1S/C25H20ClF3N2O5S/c1-15(2)35-23(33)19-8-4-6-10-21(19)37-31(16-11-13-17(14-12-16)36-25(27,28)29)24(34)30-22(32)18-7-3-5-9-20(18)26/h3-15H,1-2H3,(H,30,32,34). The highest BCUT2D eigenvalue weighted by Crippen LogP contribution is 2.34. The molecule has 0 atom stereocenters. The van der Waals surface area contributed by atoms with Crippen LogP contribution in [0.25, 0.3) is 0 Å². The number of benzene rings is 3. The fraction of sp³-hybridized carbons (Fsp3) is 0.160. The molecule has 7 nitrogen and oxygen atoms in total. The van der Waals surface area contributed by atoms with E-state index in [4.69, 9.17) is 16.3 Å². The smallest absolute Gasteiger partial charge is 0.459 e. The molecule has 0 saturated heterocycles. The molecule has 0 bridgehead atoms. The number of amides is 3. The number of rotatable bonds is 7. The Hall–Kier alpha value is -3.70. The van der Waals surface area contributed by atoms with Crippen LogP contribution < -0.4 is 14.4 Å². The first-order chi connectivity index (χ1) is 17.4. The Balaban J connectivity index is 1.95. The summed E-state index contributed by atoms with van der Waals surface area (Å²) in [5, 5.41) is 2.32. The number of halogens is 4. The van der Waals surface area contributed by atoms with Crippen molar-refractivity contribution in [3.8, 4) is 5.75 Å². The number of ether oxygens (including phenoxy) is 2. The van der Waals surface area contributed by atoms with Crippen molar-refractivity contribution in [3.63, 3.8) is 0 Å². The first kappa shape index (κ1) is 27.9. The number of urea groups is 1. The highest BCUT2D eigenvalue weighted by molar-refractivity contribution is 8.01. The highest BCUT2D eigenvalue weighted by Gasteiger charge is 2.31. The Kier molecular flexibility index (Phi) is 9.06. The lowest BCUT2D eigenvalue weighted by molar-refractivity contribution is -0.274. The van der Waals surface area contributed by atoms with Crippen LogP contribution in [0.5, 0.6) is 5.75 Å². The number of nitrogens with one attached hydrogen (secondary N) is 1. The van der Waals surface area contributed by atoms with Gasteiger partial charge in [0.05, 0.1) is 27.9 Å². The molecule has 0 unspecified atom stereocenters. The predicted molar refractivity (Wildman–Crippen MR) is 133 cm³/mol. The summed E-state index contributed by atoms with van der Waals surface area (Å²) in [6.45, 7) is 3.36. The Morgan fingerprint density at radius 2 is 1.51 bits per heavy atom. The normalized spacial score (nSPS) is 11.1. The largest absolute Gasteiger partial charge is 0.573 e. The second-order valence-corrected chi connectivity index (χ2v) is 9.01. The number of nitrogens with zero attached hydrogens (tertiary/aromatic N) is 1. The molecule has 0 heterocycles. The van der Waals surface area contributed by atoms with Crippen molar-refractivity contribution in [1.29, 1.82) is 0 Å². The number of hydrogen-bond acceptors (Lipinski definition) is 6. The first-order valence-electron chi connectivity index (χ1n) is 10.7. The van der Waals surface area contributed by atoms with Crippen molar-refractivity contribution in [2.75, 3.05) is 4.31 Å². The maximum absolute atomic E-state index is 13.2. The van der Waals surface area contributed by atoms with Crippen LogP contribution in [0, 0.1) is 0 Å². The Labute approximate surface area is 219 Å². The molecule has 0 spiro atoms. The molecular formula is C25H20ClF3N2O5S. The van der Waals surface area contributed by atoms with Gasteiger partial charge in [-0.25, -0.2) is 13.9 Å². The molecule has 3 rings (SSSR count). The van der Waals surface area contributed by atoms with Crippen LogP contribution in [0.3, 0.4) is 0 Å². The van der Waals surface area contributed by atoms with Gasteiger partial charge in [0.2, 0.25) is 0 Å². The zero-order valence-corrected chi connectivity index (χ0v) is 21.0. The van der Waals surface area contributed by atoms with Gasteiger partial charge >= 0.3 is 18.4 Å². The van der Waals surface area contributed by atoms with Crippen LogP contribution in [-0.4, -0.2) is 30.4 Å². The van der Waals surface area contributed by atoms with Gasteiger partial charge in [-0.05, 0) is 74.3 Å². The molecule has 0 aromatic heterocycles. The summed E-state index contributed by atoms with van der Waals surface area (Å²) in [6.07, 6.45) is -5.30. The minimum absolute atomic E-state index is 0.0392. The number of alkyl halides is 3. The van der Waals surface area contributed by atoms with Crippen molar-refractivity contribution in [2.45, 2.75) is 31.2 Å². The SMILES string of the molecule is CC(C)OC(=O)c1ccccc1SN(C(=O)NC(=O)c1ccccc1Cl)c1ccc(OC(F)(F)F)cc1. The van der Waals surface area contributed by atoms with E-state index in [1.807, 2.05) is 0 Å². The minimum Gasteiger partial charge on any atom is -0.459 e. The van der Waals surface area contributed by atoms with Crippen molar-refractivity contribution in [3.05, 3.63) is 88.9 Å². The van der Waals surface area contributed by atoms with E-state index >= 15 is 0 Å². The summed E-state index contributed by atoms with van der Waals surface area (Å²) in [7, 11) is 0. The van der Waals surface area contributed by atoms with Crippen LogP contribution in [0.4, 0.5) is 23.7 Å². The molecule has 0 aliphatic rings. The zero-order valence-electron chi connectivity index (χ0n) is 19.4. The Bertz CT molecular complexity index is 1290. The van der Waals surface area contributed by atoms with Crippen molar-refractivity contribution in [1.82, 2.24) is 5.32 Å².